The molecule has 13 heteroatoms. The number of rotatable bonds is 5. The van der Waals surface area contributed by atoms with Crippen LogP contribution in [-0.2, 0) is 19.1 Å². The third-order valence-corrected chi connectivity index (χ3v) is 3.82. The summed E-state index contributed by atoms with van der Waals surface area (Å²) in [6, 6.07) is -1.36. The molecule has 0 aromatic carbocycles. The van der Waals surface area contributed by atoms with Gasteiger partial charge in [-0.25, -0.2) is 9.59 Å². The number of carbonyl (C=O) groups excluding carboxylic acids is 1. The summed E-state index contributed by atoms with van der Waals surface area (Å²) in [5, 5.41) is 47.5. The van der Waals surface area contributed by atoms with Gasteiger partial charge < -0.3 is 40.7 Å². The molecule has 0 aromatic rings. The van der Waals surface area contributed by atoms with Gasteiger partial charge in [-0.05, 0) is 0 Å². The maximum absolute atomic E-state index is 11.7. The van der Waals surface area contributed by atoms with Gasteiger partial charge in [-0.3, -0.25) is 0 Å². The number of alkyl halides is 3. The van der Waals surface area contributed by atoms with Gasteiger partial charge in [0.25, 0.3) is 3.79 Å². The molecule has 0 aromatic heterocycles. The van der Waals surface area contributed by atoms with Crippen LogP contribution < -0.4 is 5.73 Å². The summed E-state index contributed by atoms with van der Waals surface area (Å²) in [4.78, 5) is 23.2. The summed E-state index contributed by atoms with van der Waals surface area (Å²) in [6.07, 6.45) is -7.82. The van der Waals surface area contributed by atoms with E-state index in [0.29, 0.717) is 0 Å². The van der Waals surface area contributed by atoms with Crippen LogP contribution in [0.15, 0.2) is 0 Å². The molecule has 6 atom stereocenters. The first kappa shape index (κ1) is 21.6. The highest BCUT2D eigenvalue weighted by molar-refractivity contribution is 6.75. The fourth-order valence-corrected chi connectivity index (χ4v) is 2.17. The van der Waals surface area contributed by atoms with Gasteiger partial charge in [-0.2, -0.15) is 0 Å². The average Bonchev–Trinajstić information content (AvgIpc) is 2.47. The van der Waals surface area contributed by atoms with Crippen molar-refractivity contribution in [1.82, 2.24) is 0 Å². The van der Waals surface area contributed by atoms with Crippen LogP contribution in [-0.4, -0.2) is 84.1 Å². The van der Waals surface area contributed by atoms with Gasteiger partial charge in [-0.1, -0.05) is 34.8 Å². The molecule has 0 bridgehead atoms. The molecule has 0 aliphatic carbocycles. The lowest BCUT2D eigenvalue weighted by molar-refractivity contribution is -0.299. The molecule has 1 saturated heterocycles. The smallest absolute Gasteiger partial charge is 0.377 e. The first-order chi connectivity index (χ1) is 10.9. The van der Waals surface area contributed by atoms with E-state index in [1.807, 2.05) is 0 Å². The fourth-order valence-electron chi connectivity index (χ4n) is 2.06. The number of esters is 1. The van der Waals surface area contributed by atoms with Gasteiger partial charge in [0, 0.05) is 0 Å². The Hall–Kier alpha value is -0.430. The molecule has 140 valence electrons. The largest absolute Gasteiger partial charge is 0.476 e. The van der Waals surface area contributed by atoms with E-state index in [1.54, 1.807) is 0 Å². The first-order valence-corrected chi connectivity index (χ1v) is 7.61. The molecule has 1 heterocycles. The third-order valence-electron chi connectivity index (χ3n) is 3.36. The second-order valence-corrected chi connectivity index (χ2v) is 7.40. The van der Waals surface area contributed by atoms with Gasteiger partial charge in [0.15, 0.2) is 0 Å². The van der Waals surface area contributed by atoms with E-state index in [-0.39, 0.29) is 0 Å². The van der Waals surface area contributed by atoms with Crippen molar-refractivity contribution in [3.8, 4) is 0 Å². The lowest BCUT2D eigenvalue weighted by Crippen LogP contribution is -2.67. The minimum absolute atomic E-state index is 0.825. The predicted molar refractivity (Wildman–Crippen MR) is 79.3 cm³/mol. The molecule has 0 radical (unpaired) electrons. The molecular weight excluding hydrogens is 396 g/mol. The molecule has 0 spiro atoms. The number of ether oxygens (including phenoxy) is 2. The number of carbonyl (C=O) groups is 2. The summed E-state index contributed by atoms with van der Waals surface area (Å²) < 4.78 is 7.00. The van der Waals surface area contributed by atoms with Crippen molar-refractivity contribution in [3.05, 3.63) is 0 Å². The zero-order chi connectivity index (χ0) is 18.9. The van der Waals surface area contributed by atoms with Crippen LogP contribution in [0.5, 0.6) is 0 Å². The molecule has 1 fully saturated rings. The van der Waals surface area contributed by atoms with Crippen LogP contribution in [0.1, 0.15) is 6.42 Å². The lowest BCUT2D eigenvalue weighted by atomic mass is 9.89. The molecule has 1 aliphatic rings. The molecule has 24 heavy (non-hydrogen) atoms. The second-order valence-electron chi connectivity index (χ2n) is 5.12. The maximum Gasteiger partial charge on any atom is 0.377 e. The summed E-state index contributed by atoms with van der Waals surface area (Å²) in [7, 11) is 0. The molecule has 0 unspecified atom stereocenters. The number of hydrogen-bond donors (Lipinski definition) is 6. The molecule has 7 N–H and O–H groups in total. The van der Waals surface area contributed by atoms with Crippen LogP contribution in [0.4, 0.5) is 0 Å². The normalized spacial score (nSPS) is 33.6. The minimum Gasteiger partial charge on any atom is -0.476 e. The average molecular weight is 413 g/mol. The van der Waals surface area contributed by atoms with Crippen LogP contribution in [0, 0.1) is 0 Å². The Kier molecular flexibility index (Phi) is 7.07. The molecule has 1 aliphatic heterocycles. The number of nitrogens with two attached hydrogens (primary N) is 1. The Labute approximate surface area is 150 Å². The van der Waals surface area contributed by atoms with Crippen molar-refractivity contribution >= 4 is 46.7 Å². The van der Waals surface area contributed by atoms with Crippen LogP contribution >= 0.6 is 34.8 Å². The third kappa shape index (κ3) is 4.59. The quantitative estimate of drug-likeness (QED) is 0.216. The zero-order valence-electron chi connectivity index (χ0n) is 11.9. The van der Waals surface area contributed by atoms with Gasteiger partial charge in [-0.15, -0.1) is 0 Å². The van der Waals surface area contributed by atoms with Gasteiger partial charge in [0.1, 0.15) is 18.3 Å². The Morgan fingerprint density at radius 1 is 1.38 bits per heavy atom. The van der Waals surface area contributed by atoms with Crippen molar-refractivity contribution < 1.29 is 44.6 Å². The number of hydrogen-bond acceptors (Lipinski definition) is 9. The Morgan fingerprint density at radius 3 is 2.33 bits per heavy atom. The number of aliphatic hydroxyl groups excluding tert-OH is 4. The molecule has 1 rings (SSSR count). The van der Waals surface area contributed by atoms with Crippen molar-refractivity contribution in [3.63, 3.8) is 0 Å². The number of carboxylic acid groups (broad SMARTS) is 1. The fraction of sp³-hybridized carbons (Fsp3) is 0.818. The van der Waals surface area contributed by atoms with Crippen molar-refractivity contribution in [2.75, 3.05) is 6.61 Å². The van der Waals surface area contributed by atoms with Crippen molar-refractivity contribution in [2.45, 2.75) is 46.5 Å². The van der Waals surface area contributed by atoms with Crippen molar-refractivity contribution in [2.24, 2.45) is 5.73 Å². The highest BCUT2D eigenvalue weighted by atomic mass is 35.6. The van der Waals surface area contributed by atoms with E-state index in [4.69, 9.17) is 50.4 Å². The summed E-state index contributed by atoms with van der Waals surface area (Å²) in [5.74, 6) is -6.29. The second kappa shape index (κ2) is 7.85. The van der Waals surface area contributed by atoms with E-state index in [0.717, 1.165) is 0 Å². The summed E-state index contributed by atoms with van der Waals surface area (Å²) >= 11 is 15.9. The number of aliphatic carboxylic acids is 1. The highest BCUT2D eigenvalue weighted by Gasteiger charge is 2.57. The van der Waals surface area contributed by atoms with E-state index < -0.39 is 65.0 Å². The van der Waals surface area contributed by atoms with E-state index >= 15 is 0 Å². The van der Waals surface area contributed by atoms with Gasteiger partial charge >= 0.3 is 17.7 Å². The van der Waals surface area contributed by atoms with Crippen LogP contribution in [0.2, 0.25) is 0 Å². The van der Waals surface area contributed by atoms with Gasteiger partial charge in [0.05, 0.1) is 25.2 Å². The monoisotopic (exact) mass is 411 g/mol. The lowest BCUT2D eigenvalue weighted by Gasteiger charge is -2.44. The summed E-state index contributed by atoms with van der Waals surface area (Å²) in [5.41, 5.74) is 5.61. The maximum atomic E-state index is 11.7. The first-order valence-electron chi connectivity index (χ1n) is 6.47. The Bertz CT molecular complexity index is 488. The Morgan fingerprint density at radius 2 is 1.92 bits per heavy atom. The predicted octanol–water partition coefficient (Wildman–Crippen LogP) is -2.13. The van der Waals surface area contributed by atoms with E-state index in [9.17, 15) is 30.0 Å². The van der Waals surface area contributed by atoms with Crippen LogP contribution in [0.3, 0.4) is 0 Å². The van der Waals surface area contributed by atoms with E-state index in [2.05, 4.69) is 4.74 Å². The number of halogens is 3. The van der Waals surface area contributed by atoms with Gasteiger partial charge in [0.2, 0.25) is 0 Å². The van der Waals surface area contributed by atoms with Crippen LogP contribution in [0.25, 0.3) is 0 Å². The van der Waals surface area contributed by atoms with Crippen molar-refractivity contribution in [1.29, 1.82) is 0 Å². The number of carboxylic acids is 1. The van der Waals surface area contributed by atoms with E-state index in [1.165, 1.54) is 0 Å². The summed E-state index contributed by atoms with van der Waals surface area (Å²) in [6.45, 7) is -0.905. The highest BCUT2D eigenvalue weighted by Crippen LogP contribution is 2.36. The molecular formula is C11H16Cl3NO9. The molecule has 10 nitrogen and oxygen atoms in total. The standard InChI is InChI=1S/C11H16Cl3NO9/c12-11(13,14)9(22)24-10(8(20)21)1-3(17)5(15)7(23-10)6(19)4(18)2-16/h3-7,16-19H,1-2,15H2,(H,20,21)/t3-,4+,5+,6+,7+,10+/m0/s1. The minimum atomic E-state index is -2.82. The SMILES string of the molecule is N[C@H]1[C@H]([C@H](O)[C@H](O)CO)O[C@](OC(=O)C(Cl)(Cl)Cl)(C(=O)O)C[C@@H]1O. The zero-order valence-corrected chi connectivity index (χ0v) is 14.1. The molecule has 0 amide bonds. The topological polar surface area (TPSA) is 180 Å². The number of aliphatic hydroxyl groups is 4. The molecule has 0 saturated carbocycles. The Balaban J connectivity index is 3.17.